The van der Waals surface area contributed by atoms with E-state index in [2.05, 4.69) is 4.98 Å². The number of nitrogens with one attached hydrogen (secondary N) is 1. The van der Waals surface area contributed by atoms with E-state index < -0.39 is 5.97 Å². The maximum absolute atomic E-state index is 13.0. The number of benzene rings is 2. The second-order valence-electron chi connectivity index (χ2n) is 5.46. The lowest BCUT2D eigenvalue weighted by atomic mass is 10.2. The van der Waals surface area contributed by atoms with Crippen LogP contribution in [0.1, 0.15) is 17.4 Å². The van der Waals surface area contributed by atoms with Crippen molar-refractivity contribution < 1.29 is 18.7 Å². The Morgan fingerprint density at radius 1 is 1.12 bits per heavy atom. The maximum atomic E-state index is 13.0. The highest BCUT2D eigenvalue weighted by atomic mass is 19.1. The van der Waals surface area contributed by atoms with E-state index >= 15 is 0 Å². The highest BCUT2D eigenvalue weighted by Gasteiger charge is 2.18. The van der Waals surface area contributed by atoms with E-state index in [1.165, 1.54) is 29.2 Å². The Morgan fingerprint density at radius 3 is 2.52 bits per heavy atom. The summed E-state index contributed by atoms with van der Waals surface area (Å²) in [4.78, 5) is 28.8. The van der Waals surface area contributed by atoms with E-state index in [0.29, 0.717) is 17.9 Å². The molecule has 25 heavy (non-hydrogen) atoms. The lowest BCUT2D eigenvalue weighted by Crippen LogP contribution is -2.34. The van der Waals surface area contributed by atoms with E-state index in [-0.39, 0.29) is 18.3 Å². The van der Waals surface area contributed by atoms with Crippen molar-refractivity contribution >= 4 is 28.5 Å². The fourth-order valence-electron chi connectivity index (χ4n) is 2.59. The molecule has 0 aliphatic heterocycles. The van der Waals surface area contributed by atoms with Gasteiger partial charge in [-0.3, -0.25) is 4.79 Å². The summed E-state index contributed by atoms with van der Waals surface area (Å²) in [5.41, 5.74) is 1.66. The molecule has 0 spiro atoms. The number of H-pyrrole nitrogens is 1. The first-order valence-corrected chi connectivity index (χ1v) is 7.89. The van der Waals surface area contributed by atoms with Gasteiger partial charge in [-0.15, -0.1) is 0 Å². The predicted molar refractivity (Wildman–Crippen MR) is 93.0 cm³/mol. The first-order chi connectivity index (χ1) is 12.1. The number of hydrogen-bond acceptors (Lipinski definition) is 3. The summed E-state index contributed by atoms with van der Waals surface area (Å²) in [5, 5.41) is 0.891. The van der Waals surface area contributed by atoms with Crippen LogP contribution in [0.3, 0.4) is 0 Å². The Labute approximate surface area is 144 Å². The minimum atomic E-state index is -0.597. The number of fused-ring (bicyclic) bond motifs is 1. The highest BCUT2D eigenvalue weighted by Crippen LogP contribution is 2.17. The zero-order valence-electron chi connectivity index (χ0n) is 13.7. The van der Waals surface area contributed by atoms with Crippen molar-refractivity contribution in [1.29, 1.82) is 0 Å². The molecule has 0 fully saturated rings. The molecule has 3 rings (SSSR count). The van der Waals surface area contributed by atoms with Gasteiger partial charge in [0.25, 0.3) is 5.91 Å². The zero-order chi connectivity index (χ0) is 17.8. The highest BCUT2D eigenvalue weighted by molar-refractivity contribution is 5.98. The van der Waals surface area contributed by atoms with Crippen LogP contribution >= 0.6 is 0 Å². The predicted octanol–water partition coefficient (Wildman–Crippen LogP) is 3.52. The van der Waals surface area contributed by atoms with Crippen molar-refractivity contribution in [2.75, 3.05) is 18.1 Å². The van der Waals surface area contributed by atoms with Crippen LogP contribution in [0.2, 0.25) is 0 Å². The largest absolute Gasteiger partial charge is 0.451 e. The molecule has 0 bridgehead atoms. The first kappa shape index (κ1) is 16.7. The van der Waals surface area contributed by atoms with Crippen molar-refractivity contribution in [2.24, 2.45) is 0 Å². The van der Waals surface area contributed by atoms with Crippen molar-refractivity contribution in [3.63, 3.8) is 0 Å². The van der Waals surface area contributed by atoms with E-state index in [9.17, 15) is 14.0 Å². The number of hydrogen-bond donors (Lipinski definition) is 1. The number of aromatic nitrogens is 1. The number of esters is 1. The number of carbonyl (C=O) groups excluding carboxylic acids is 2. The zero-order valence-corrected chi connectivity index (χ0v) is 13.7. The van der Waals surface area contributed by atoms with Gasteiger partial charge in [-0.2, -0.15) is 0 Å². The molecule has 1 amide bonds. The molecule has 0 saturated carbocycles. The Kier molecular flexibility index (Phi) is 4.79. The van der Waals surface area contributed by atoms with Crippen molar-refractivity contribution in [3.8, 4) is 0 Å². The van der Waals surface area contributed by atoms with Crippen LogP contribution < -0.4 is 4.90 Å². The first-order valence-electron chi connectivity index (χ1n) is 7.89. The van der Waals surface area contributed by atoms with Gasteiger partial charge in [0, 0.05) is 23.1 Å². The molecule has 128 valence electrons. The SMILES string of the molecule is CCN(C(=O)COC(=O)c1cc2ccccc2[nH]1)c1ccc(F)cc1. The third-order valence-electron chi connectivity index (χ3n) is 3.83. The fourth-order valence-corrected chi connectivity index (χ4v) is 2.59. The Hall–Kier alpha value is -3.15. The van der Waals surface area contributed by atoms with Gasteiger partial charge >= 0.3 is 5.97 Å². The number of anilines is 1. The molecule has 0 saturated heterocycles. The number of likely N-dealkylation sites (N-methyl/N-ethyl adjacent to an activating group) is 1. The molecule has 0 unspecified atom stereocenters. The number of aromatic amines is 1. The Bertz CT molecular complexity index is 869. The van der Waals surface area contributed by atoms with E-state index in [4.69, 9.17) is 4.74 Å². The second kappa shape index (κ2) is 7.17. The van der Waals surface area contributed by atoms with Crippen LogP contribution in [0, 0.1) is 5.82 Å². The second-order valence-corrected chi connectivity index (χ2v) is 5.46. The molecule has 1 heterocycles. The topological polar surface area (TPSA) is 62.4 Å². The van der Waals surface area contributed by atoms with Gasteiger partial charge in [0.05, 0.1) is 0 Å². The fraction of sp³-hybridized carbons (Fsp3) is 0.158. The monoisotopic (exact) mass is 340 g/mol. The number of carbonyl (C=O) groups is 2. The van der Waals surface area contributed by atoms with Crippen LogP contribution in [0.25, 0.3) is 10.9 Å². The van der Waals surface area contributed by atoms with Gasteiger partial charge in [-0.05, 0) is 43.3 Å². The minimum Gasteiger partial charge on any atom is -0.451 e. The lowest BCUT2D eigenvalue weighted by molar-refractivity contribution is -0.121. The molecule has 0 radical (unpaired) electrons. The Morgan fingerprint density at radius 2 is 1.84 bits per heavy atom. The molecule has 1 N–H and O–H groups in total. The van der Waals surface area contributed by atoms with Gasteiger partial charge < -0.3 is 14.6 Å². The third kappa shape index (κ3) is 3.68. The molecule has 0 aliphatic carbocycles. The standard InChI is InChI=1S/C19H17FN2O3/c1-2-22(15-9-7-14(20)8-10-15)18(23)12-25-19(24)17-11-13-5-3-4-6-16(13)21-17/h3-11,21H,2,12H2,1H3. The summed E-state index contributed by atoms with van der Waals surface area (Å²) in [6.45, 7) is 1.79. The molecule has 3 aromatic rings. The normalized spacial score (nSPS) is 10.6. The maximum Gasteiger partial charge on any atom is 0.355 e. The van der Waals surface area contributed by atoms with Crippen molar-refractivity contribution in [1.82, 2.24) is 4.98 Å². The summed E-state index contributed by atoms with van der Waals surface area (Å²) < 4.78 is 18.1. The number of ether oxygens (including phenoxy) is 1. The van der Waals surface area contributed by atoms with Crippen LogP contribution in [-0.2, 0) is 9.53 Å². The van der Waals surface area contributed by atoms with Crippen LogP contribution in [-0.4, -0.2) is 30.0 Å². The Balaban J connectivity index is 1.65. The smallest absolute Gasteiger partial charge is 0.355 e. The van der Waals surface area contributed by atoms with E-state index in [1.54, 1.807) is 13.0 Å². The minimum absolute atomic E-state index is 0.291. The third-order valence-corrected chi connectivity index (χ3v) is 3.83. The van der Waals surface area contributed by atoms with Crippen molar-refractivity contribution in [2.45, 2.75) is 6.92 Å². The van der Waals surface area contributed by atoms with Crippen molar-refractivity contribution in [3.05, 3.63) is 66.1 Å². The number of para-hydroxylation sites is 1. The summed E-state index contributed by atoms with van der Waals surface area (Å²) in [6, 6.07) is 14.7. The van der Waals surface area contributed by atoms with E-state index in [0.717, 1.165) is 10.9 Å². The molecular formula is C19H17FN2O3. The average molecular weight is 340 g/mol. The van der Waals surface area contributed by atoms with Crippen LogP contribution in [0.5, 0.6) is 0 Å². The molecule has 5 nitrogen and oxygen atoms in total. The van der Waals surface area contributed by atoms with Crippen LogP contribution in [0.4, 0.5) is 10.1 Å². The molecule has 1 aromatic heterocycles. The van der Waals surface area contributed by atoms with Crippen LogP contribution in [0.15, 0.2) is 54.6 Å². The molecule has 0 atom stereocenters. The van der Waals surface area contributed by atoms with E-state index in [1.807, 2.05) is 24.3 Å². The molecular weight excluding hydrogens is 323 g/mol. The quantitative estimate of drug-likeness (QED) is 0.723. The molecule has 6 heteroatoms. The molecule has 2 aromatic carbocycles. The van der Waals surface area contributed by atoms with Gasteiger partial charge in [0.15, 0.2) is 6.61 Å². The number of rotatable bonds is 5. The summed E-state index contributed by atoms with van der Waals surface area (Å²) >= 11 is 0. The van der Waals surface area contributed by atoms with Gasteiger partial charge in [-0.1, -0.05) is 18.2 Å². The number of halogens is 1. The number of nitrogens with zero attached hydrogens (tertiary/aromatic N) is 1. The van der Waals surface area contributed by atoms with Gasteiger partial charge in [-0.25, -0.2) is 9.18 Å². The summed E-state index contributed by atoms with van der Waals surface area (Å²) in [5.74, 6) is -1.35. The summed E-state index contributed by atoms with van der Waals surface area (Å²) in [6.07, 6.45) is 0. The van der Waals surface area contributed by atoms with Gasteiger partial charge in [0.1, 0.15) is 11.5 Å². The molecule has 0 aliphatic rings. The number of amides is 1. The lowest BCUT2D eigenvalue weighted by Gasteiger charge is -2.20. The summed E-state index contributed by atoms with van der Waals surface area (Å²) in [7, 11) is 0. The van der Waals surface area contributed by atoms with Gasteiger partial charge in [0.2, 0.25) is 0 Å². The average Bonchev–Trinajstić information content (AvgIpc) is 3.06.